The molecule has 0 aliphatic heterocycles. The molecule has 0 saturated carbocycles. The Morgan fingerprint density at radius 2 is 2.38 bits per heavy atom. The molecule has 1 unspecified atom stereocenters. The fourth-order valence-corrected chi connectivity index (χ4v) is 0.409. The molecule has 4 N–H and O–H groups in total. The second-order valence-corrected chi connectivity index (χ2v) is 1.92. The van der Waals surface area contributed by atoms with Crippen molar-refractivity contribution >= 4 is 0 Å². The van der Waals surface area contributed by atoms with Gasteiger partial charge in [-0.25, -0.2) is 0 Å². The van der Waals surface area contributed by atoms with Crippen LogP contribution in [0.1, 0.15) is 13.3 Å². The van der Waals surface area contributed by atoms with E-state index in [4.69, 9.17) is 10.8 Å². The second kappa shape index (κ2) is 5.03. The normalized spacial score (nSPS) is 13.9. The number of nitrogens with one attached hydrogen (secondary N) is 1. The molecule has 3 nitrogen and oxygen atoms in total. The summed E-state index contributed by atoms with van der Waals surface area (Å²) in [4.78, 5) is 0. The van der Waals surface area contributed by atoms with Gasteiger partial charge in [-0.3, -0.25) is 5.32 Å². The van der Waals surface area contributed by atoms with E-state index in [9.17, 15) is 0 Å². The number of hydrogen-bond donors (Lipinski definition) is 3. The molecule has 0 amide bonds. The summed E-state index contributed by atoms with van der Waals surface area (Å²) in [5, 5.41) is 11.0. The Kier molecular flexibility index (Phi) is 4.95. The van der Waals surface area contributed by atoms with Crippen molar-refractivity contribution < 1.29 is 5.11 Å². The molecule has 8 heavy (non-hydrogen) atoms. The molecular formula is C5H14N2O. The Bertz CT molecular complexity index is 47.7. The Labute approximate surface area is 49.9 Å². The van der Waals surface area contributed by atoms with Crippen molar-refractivity contribution in [2.24, 2.45) is 5.73 Å². The van der Waals surface area contributed by atoms with E-state index < -0.39 is 0 Å². The van der Waals surface area contributed by atoms with Crippen LogP contribution in [0.2, 0.25) is 0 Å². The van der Waals surface area contributed by atoms with Crippen molar-refractivity contribution in [2.75, 3.05) is 13.3 Å². The first-order valence-corrected chi connectivity index (χ1v) is 2.84. The van der Waals surface area contributed by atoms with Gasteiger partial charge in [0, 0.05) is 6.04 Å². The number of nitrogens with two attached hydrogens (primary N) is 1. The molecular weight excluding hydrogens is 104 g/mol. The predicted molar refractivity (Wildman–Crippen MR) is 33.4 cm³/mol. The van der Waals surface area contributed by atoms with Crippen LogP contribution in [-0.4, -0.2) is 24.4 Å². The lowest BCUT2D eigenvalue weighted by molar-refractivity contribution is 0.259. The molecule has 1 atom stereocenters. The predicted octanol–water partition coefficient (Wildman–Crippen LogP) is -0.737. The first-order chi connectivity index (χ1) is 3.77. The molecule has 0 saturated heterocycles. The number of aliphatic hydroxyl groups is 1. The minimum Gasteiger partial charge on any atom is -0.381 e. The zero-order chi connectivity index (χ0) is 6.41. The Morgan fingerprint density at radius 3 is 2.75 bits per heavy atom. The molecule has 0 heterocycles. The summed E-state index contributed by atoms with van der Waals surface area (Å²) in [5.74, 6) is 0. The molecule has 50 valence electrons. The van der Waals surface area contributed by atoms with E-state index in [1.54, 1.807) is 0 Å². The monoisotopic (exact) mass is 118 g/mol. The lowest BCUT2D eigenvalue weighted by atomic mass is 10.2. The smallest absolute Gasteiger partial charge is 0.0931 e. The van der Waals surface area contributed by atoms with Crippen LogP contribution in [0, 0.1) is 0 Å². The third kappa shape index (κ3) is 5.88. The van der Waals surface area contributed by atoms with Gasteiger partial charge in [-0.15, -0.1) is 0 Å². The Hall–Kier alpha value is -0.120. The summed E-state index contributed by atoms with van der Waals surface area (Å²) in [6.45, 7) is 2.79. The van der Waals surface area contributed by atoms with E-state index in [-0.39, 0.29) is 12.8 Å². The average Bonchev–Trinajstić information content (AvgIpc) is 1.66. The van der Waals surface area contributed by atoms with Crippen molar-refractivity contribution in [3.63, 3.8) is 0 Å². The Morgan fingerprint density at radius 1 is 1.75 bits per heavy atom. The largest absolute Gasteiger partial charge is 0.381 e. The molecule has 0 fully saturated rings. The highest BCUT2D eigenvalue weighted by atomic mass is 16.3. The van der Waals surface area contributed by atoms with Gasteiger partial charge in [-0.2, -0.15) is 0 Å². The van der Waals surface area contributed by atoms with Gasteiger partial charge in [0.1, 0.15) is 0 Å². The van der Waals surface area contributed by atoms with Crippen LogP contribution in [0.25, 0.3) is 0 Å². The summed E-state index contributed by atoms with van der Waals surface area (Å²) >= 11 is 0. The van der Waals surface area contributed by atoms with Crippen molar-refractivity contribution in [1.82, 2.24) is 5.32 Å². The van der Waals surface area contributed by atoms with Gasteiger partial charge in [-0.1, -0.05) is 0 Å². The standard InChI is InChI=1S/C5H14N2O/c1-5(6)2-3-7-4-8/h5,7-8H,2-4,6H2,1H3. The summed E-state index contributed by atoms with van der Waals surface area (Å²) < 4.78 is 0. The third-order valence-electron chi connectivity index (χ3n) is 0.888. The van der Waals surface area contributed by atoms with E-state index in [0.29, 0.717) is 0 Å². The highest BCUT2D eigenvalue weighted by molar-refractivity contribution is 4.53. The van der Waals surface area contributed by atoms with Crippen LogP contribution in [0.4, 0.5) is 0 Å². The van der Waals surface area contributed by atoms with Crippen molar-refractivity contribution in [1.29, 1.82) is 0 Å². The number of hydrogen-bond acceptors (Lipinski definition) is 3. The van der Waals surface area contributed by atoms with Crippen molar-refractivity contribution in [3.8, 4) is 0 Å². The lowest BCUT2D eigenvalue weighted by Crippen LogP contribution is -2.24. The summed E-state index contributed by atoms with van der Waals surface area (Å²) in [7, 11) is 0. The molecule has 0 bridgehead atoms. The topological polar surface area (TPSA) is 58.3 Å². The number of rotatable bonds is 4. The van der Waals surface area contributed by atoms with E-state index in [2.05, 4.69) is 5.32 Å². The maximum absolute atomic E-state index is 8.23. The van der Waals surface area contributed by atoms with Crippen LogP contribution >= 0.6 is 0 Å². The molecule has 0 aromatic rings. The SMILES string of the molecule is CC(N)CCNCO. The van der Waals surface area contributed by atoms with Crippen molar-refractivity contribution in [3.05, 3.63) is 0 Å². The fraction of sp³-hybridized carbons (Fsp3) is 1.00. The van der Waals surface area contributed by atoms with E-state index >= 15 is 0 Å². The van der Waals surface area contributed by atoms with Crippen LogP contribution in [-0.2, 0) is 0 Å². The van der Waals surface area contributed by atoms with Crippen LogP contribution in [0.5, 0.6) is 0 Å². The molecule has 0 spiro atoms. The summed E-state index contributed by atoms with van der Waals surface area (Å²) in [6, 6.07) is 0.231. The molecule has 0 aromatic carbocycles. The van der Waals surface area contributed by atoms with Gasteiger partial charge in [0.2, 0.25) is 0 Å². The van der Waals surface area contributed by atoms with Gasteiger partial charge in [-0.05, 0) is 19.9 Å². The summed E-state index contributed by atoms with van der Waals surface area (Å²) in [6.07, 6.45) is 0.917. The van der Waals surface area contributed by atoms with Crippen molar-refractivity contribution in [2.45, 2.75) is 19.4 Å². The maximum atomic E-state index is 8.23. The first kappa shape index (κ1) is 7.88. The van der Waals surface area contributed by atoms with E-state index in [0.717, 1.165) is 13.0 Å². The maximum Gasteiger partial charge on any atom is 0.0931 e. The van der Waals surface area contributed by atoms with Crippen LogP contribution in [0.15, 0.2) is 0 Å². The first-order valence-electron chi connectivity index (χ1n) is 2.84. The van der Waals surface area contributed by atoms with Gasteiger partial charge in [0.25, 0.3) is 0 Å². The van der Waals surface area contributed by atoms with Gasteiger partial charge < -0.3 is 10.8 Å². The average molecular weight is 118 g/mol. The molecule has 0 rings (SSSR count). The third-order valence-corrected chi connectivity index (χ3v) is 0.888. The quantitative estimate of drug-likeness (QED) is 0.337. The second-order valence-electron chi connectivity index (χ2n) is 1.92. The van der Waals surface area contributed by atoms with Crippen LogP contribution < -0.4 is 11.1 Å². The molecule has 0 aromatic heterocycles. The van der Waals surface area contributed by atoms with Crippen LogP contribution in [0.3, 0.4) is 0 Å². The van der Waals surface area contributed by atoms with Gasteiger partial charge in [0.05, 0.1) is 6.73 Å². The van der Waals surface area contributed by atoms with E-state index in [1.807, 2.05) is 6.92 Å². The molecule has 0 radical (unpaired) electrons. The molecule has 0 aliphatic rings. The molecule has 3 heteroatoms. The summed E-state index contributed by atoms with van der Waals surface area (Å²) in [5.41, 5.74) is 5.41. The van der Waals surface area contributed by atoms with Gasteiger partial charge in [0.15, 0.2) is 0 Å². The highest BCUT2D eigenvalue weighted by Crippen LogP contribution is 1.80. The minimum atomic E-state index is 0.0483. The minimum absolute atomic E-state index is 0.0483. The Balaban J connectivity index is 2.72. The van der Waals surface area contributed by atoms with E-state index in [1.165, 1.54) is 0 Å². The molecule has 0 aliphatic carbocycles. The highest BCUT2D eigenvalue weighted by Gasteiger charge is 1.89. The van der Waals surface area contributed by atoms with Gasteiger partial charge >= 0.3 is 0 Å². The number of aliphatic hydroxyl groups excluding tert-OH is 1. The zero-order valence-electron chi connectivity index (χ0n) is 5.22. The lowest BCUT2D eigenvalue weighted by Gasteiger charge is -2.02. The zero-order valence-corrected chi connectivity index (χ0v) is 5.22. The fourth-order valence-electron chi connectivity index (χ4n) is 0.409.